The summed E-state index contributed by atoms with van der Waals surface area (Å²) in [5.74, 6) is 0.622. The van der Waals surface area contributed by atoms with Crippen LogP contribution < -0.4 is 9.47 Å². The van der Waals surface area contributed by atoms with Crippen molar-refractivity contribution in [3.8, 4) is 11.5 Å². The number of ether oxygens (including phenoxy) is 4. The first-order chi connectivity index (χ1) is 16.4. The maximum atomic E-state index is 11.4. The summed E-state index contributed by atoms with van der Waals surface area (Å²) in [5.41, 5.74) is 1.49. The fraction of sp³-hybridized carbons (Fsp3) is 0.500. The molecule has 6 nitrogen and oxygen atoms in total. The topological polar surface area (TPSA) is 74.2 Å². The normalized spacial score (nSPS) is 13.4. The Hall–Kier alpha value is -1.70. The van der Waals surface area contributed by atoms with E-state index in [1.807, 2.05) is 38.1 Å². The molecule has 0 bridgehead atoms. The van der Waals surface area contributed by atoms with Crippen LogP contribution in [0.3, 0.4) is 0 Å². The fourth-order valence-electron chi connectivity index (χ4n) is 3.26. The third-order valence-corrected chi connectivity index (χ3v) is 6.20. The van der Waals surface area contributed by atoms with Gasteiger partial charge in [-0.1, -0.05) is 49.2 Å². The Morgan fingerprint density at radius 3 is 2.09 bits per heavy atom. The molecule has 0 aliphatic heterocycles. The van der Waals surface area contributed by atoms with Crippen LogP contribution in [-0.4, -0.2) is 55.1 Å². The quantitative estimate of drug-likeness (QED) is 0.244. The van der Waals surface area contributed by atoms with Crippen molar-refractivity contribution in [1.29, 1.82) is 0 Å². The number of hydrogen-bond donors (Lipinski definition) is 1. The van der Waals surface area contributed by atoms with E-state index in [9.17, 15) is 9.90 Å². The van der Waals surface area contributed by atoms with E-state index in [1.165, 1.54) is 6.92 Å². The molecule has 0 fully saturated rings. The van der Waals surface area contributed by atoms with Crippen LogP contribution in [0.4, 0.5) is 0 Å². The van der Waals surface area contributed by atoms with Crippen LogP contribution in [0.1, 0.15) is 45.7 Å². The molecule has 35 heavy (non-hydrogen) atoms. The molecule has 0 aliphatic carbocycles. The van der Waals surface area contributed by atoms with Crippen LogP contribution >= 0.6 is 34.8 Å². The molecule has 0 heterocycles. The molecule has 1 N–H and O–H groups in total. The molecule has 2 atom stereocenters. The minimum atomic E-state index is -0.812. The molecule has 194 valence electrons. The zero-order valence-corrected chi connectivity index (χ0v) is 22.9. The van der Waals surface area contributed by atoms with E-state index in [0.717, 1.165) is 11.1 Å². The van der Waals surface area contributed by atoms with Crippen molar-refractivity contribution in [3.63, 3.8) is 0 Å². The molecule has 0 aliphatic rings. The van der Waals surface area contributed by atoms with Gasteiger partial charge in [-0.25, -0.2) is 0 Å². The molecule has 2 aromatic carbocycles. The van der Waals surface area contributed by atoms with Gasteiger partial charge < -0.3 is 24.1 Å². The monoisotopic (exact) mass is 546 g/mol. The lowest BCUT2D eigenvalue weighted by atomic mass is 9.78. The van der Waals surface area contributed by atoms with Crippen molar-refractivity contribution >= 4 is 40.8 Å². The number of benzene rings is 2. The largest absolute Gasteiger partial charge is 0.490 e. The van der Waals surface area contributed by atoms with Gasteiger partial charge in [0.1, 0.15) is 25.1 Å². The Labute approximate surface area is 222 Å². The lowest BCUT2D eigenvalue weighted by Gasteiger charge is -2.27. The highest BCUT2D eigenvalue weighted by molar-refractivity contribution is 6.37. The molecule has 0 amide bonds. The lowest BCUT2D eigenvalue weighted by molar-refractivity contribution is -0.152. The van der Waals surface area contributed by atoms with Crippen LogP contribution in [0.2, 0.25) is 10.0 Å². The molecular formula is C26H33Cl3O6. The Bertz CT molecular complexity index is 939. The summed E-state index contributed by atoms with van der Waals surface area (Å²) in [5, 5.41) is 10.3. The number of carbonyl (C=O) groups is 1. The van der Waals surface area contributed by atoms with Gasteiger partial charge in [0, 0.05) is 12.3 Å². The van der Waals surface area contributed by atoms with Crippen molar-refractivity contribution in [2.45, 2.75) is 58.3 Å². The average Bonchev–Trinajstić information content (AvgIpc) is 2.79. The van der Waals surface area contributed by atoms with Crippen LogP contribution in [-0.2, 0) is 19.7 Å². The Balaban J connectivity index is 2.12. The number of esters is 1. The Morgan fingerprint density at radius 1 is 0.971 bits per heavy atom. The molecule has 0 saturated carbocycles. The van der Waals surface area contributed by atoms with Crippen LogP contribution in [0, 0.1) is 0 Å². The fourth-order valence-corrected chi connectivity index (χ4v) is 3.94. The second-order valence-corrected chi connectivity index (χ2v) is 10.1. The highest BCUT2D eigenvalue weighted by Gasteiger charge is 2.26. The Kier molecular flexibility index (Phi) is 11.4. The van der Waals surface area contributed by atoms with Crippen molar-refractivity contribution in [1.82, 2.24) is 0 Å². The van der Waals surface area contributed by atoms with Gasteiger partial charge in [0.2, 0.25) is 0 Å². The van der Waals surface area contributed by atoms with E-state index in [0.29, 0.717) is 21.5 Å². The van der Waals surface area contributed by atoms with E-state index >= 15 is 0 Å². The summed E-state index contributed by atoms with van der Waals surface area (Å²) in [4.78, 5) is 11.4. The molecule has 0 radical (unpaired) electrons. The third-order valence-electron chi connectivity index (χ3n) is 5.28. The number of carbonyl (C=O) groups excluding carboxylic acids is 1. The van der Waals surface area contributed by atoms with Gasteiger partial charge >= 0.3 is 5.97 Å². The van der Waals surface area contributed by atoms with E-state index in [-0.39, 0.29) is 37.8 Å². The van der Waals surface area contributed by atoms with Crippen LogP contribution in [0.25, 0.3) is 0 Å². The van der Waals surface area contributed by atoms with Crippen molar-refractivity contribution in [3.05, 3.63) is 57.6 Å². The van der Waals surface area contributed by atoms with Crippen molar-refractivity contribution in [2.75, 3.05) is 25.7 Å². The average molecular weight is 548 g/mol. The molecule has 0 aromatic heterocycles. The molecule has 9 heteroatoms. The van der Waals surface area contributed by atoms with Gasteiger partial charge in [-0.3, -0.25) is 4.79 Å². The number of aliphatic hydroxyl groups is 1. The molecular weight excluding hydrogens is 515 g/mol. The maximum absolute atomic E-state index is 11.4. The summed E-state index contributed by atoms with van der Waals surface area (Å²) < 4.78 is 22.2. The first-order valence-electron chi connectivity index (χ1n) is 11.3. The summed E-state index contributed by atoms with van der Waals surface area (Å²) in [6.07, 6.45) is -1.29. The van der Waals surface area contributed by atoms with Crippen molar-refractivity contribution < 1.29 is 28.8 Å². The van der Waals surface area contributed by atoms with Crippen molar-refractivity contribution in [2.24, 2.45) is 0 Å². The predicted molar refractivity (Wildman–Crippen MR) is 139 cm³/mol. The zero-order valence-electron chi connectivity index (χ0n) is 20.6. The summed E-state index contributed by atoms with van der Waals surface area (Å²) >= 11 is 18.5. The molecule has 2 rings (SSSR count). The van der Waals surface area contributed by atoms with Crippen LogP contribution in [0.5, 0.6) is 11.5 Å². The lowest BCUT2D eigenvalue weighted by Crippen LogP contribution is -2.30. The van der Waals surface area contributed by atoms with Gasteiger partial charge in [0.05, 0.1) is 28.6 Å². The van der Waals surface area contributed by atoms with Crippen LogP contribution in [0.15, 0.2) is 36.4 Å². The van der Waals surface area contributed by atoms with Gasteiger partial charge in [0.25, 0.3) is 0 Å². The SMILES string of the molecule is CC(=O)O[C@H](COc1ccc(C(C)(C)c2cc(Cl)c(OC[C@H](O)CCl)c(Cl)c2)cc1)COC(C)C. The molecule has 0 unspecified atom stereocenters. The standard InChI is InChI=1S/C26H33Cl3O6/c1-16(2)32-14-22(35-17(3)30)15-33-21-8-6-18(7-9-21)26(4,5)19-10-23(28)25(24(29)11-19)34-13-20(31)12-27/h6-11,16,20,22,31H,12-15H2,1-5H3/t20-,22+/m1/s1. The Morgan fingerprint density at radius 2 is 1.57 bits per heavy atom. The number of rotatable bonds is 13. The van der Waals surface area contributed by atoms with E-state index < -0.39 is 17.6 Å². The first kappa shape index (κ1) is 29.5. The number of halogens is 3. The van der Waals surface area contributed by atoms with Gasteiger partial charge in [-0.15, -0.1) is 11.6 Å². The highest BCUT2D eigenvalue weighted by atomic mass is 35.5. The summed E-state index contributed by atoms with van der Waals surface area (Å²) in [6.45, 7) is 9.74. The second kappa shape index (κ2) is 13.6. The highest BCUT2D eigenvalue weighted by Crippen LogP contribution is 2.40. The first-order valence-corrected chi connectivity index (χ1v) is 12.6. The second-order valence-electron chi connectivity index (χ2n) is 8.96. The minimum Gasteiger partial charge on any atom is -0.490 e. The summed E-state index contributed by atoms with van der Waals surface area (Å²) in [7, 11) is 0. The number of hydrogen-bond acceptors (Lipinski definition) is 6. The van der Waals surface area contributed by atoms with E-state index in [4.69, 9.17) is 53.8 Å². The molecule has 0 saturated heterocycles. The number of aliphatic hydroxyl groups excluding tert-OH is 1. The van der Waals surface area contributed by atoms with Gasteiger partial charge in [-0.05, 0) is 49.2 Å². The van der Waals surface area contributed by atoms with E-state index in [2.05, 4.69) is 13.8 Å². The zero-order chi connectivity index (χ0) is 26.2. The molecule has 2 aromatic rings. The molecule has 0 spiro atoms. The van der Waals surface area contributed by atoms with Gasteiger partial charge in [0.15, 0.2) is 11.9 Å². The maximum Gasteiger partial charge on any atom is 0.303 e. The minimum absolute atomic E-state index is 0.00491. The predicted octanol–water partition coefficient (Wildman–Crippen LogP) is 6.03. The third kappa shape index (κ3) is 9.03. The number of alkyl halides is 1. The van der Waals surface area contributed by atoms with E-state index in [1.54, 1.807) is 12.1 Å². The van der Waals surface area contributed by atoms with Gasteiger partial charge in [-0.2, -0.15) is 0 Å². The smallest absolute Gasteiger partial charge is 0.303 e. The summed E-state index contributed by atoms with van der Waals surface area (Å²) in [6, 6.07) is 11.3.